The second-order valence-corrected chi connectivity index (χ2v) is 3.50. The molecule has 0 spiro atoms. The molecular formula is C11H16N2O3. The fraction of sp³-hybridized carbons (Fsp3) is 0.455. The normalized spacial score (nSPS) is 10.1. The first-order chi connectivity index (χ1) is 7.63. The predicted molar refractivity (Wildman–Crippen MR) is 60.7 cm³/mol. The van der Waals surface area contributed by atoms with Crippen molar-refractivity contribution in [3.8, 4) is 0 Å². The van der Waals surface area contributed by atoms with Gasteiger partial charge in [-0.05, 0) is 18.6 Å². The van der Waals surface area contributed by atoms with Crippen molar-refractivity contribution < 1.29 is 14.6 Å². The number of hydrogen-bond acceptors (Lipinski definition) is 4. The minimum Gasteiger partial charge on any atom is -0.480 e. The first-order valence-corrected chi connectivity index (χ1v) is 5.02. The van der Waals surface area contributed by atoms with E-state index in [0.29, 0.717) is 19.0 Å². The number of pyridine rings is 1. The molecule has 0 unspecified atom stereocenters. The van der Waals surface area contributed by atoms with Crippen molar-refractivity contribution in [2.24, 2.45) is 0 Å². The van der Waals surface area contributed by atoms with E-state index in [-0.39, 0.29) is 6.54 Å². The number of carboxylic acid groups (broad SMARTS) is 1. The summed E-state index contributed by atoms with van der Waals surface area (Å²) >= 11 is 0. The van der Waals surface area contributed by atoms with Crippen LogP contribution in [0, 0.1) is 6.92 Å². The van der Waals surface area contributed by atoms with Crippen LogP contribution in [0.15, 0.2) is 18.3 Å². The number of aromatic nitrogens is 1. The van der Waals surface area contributed by atoms with Crippen LogP contribution in [-0.2, 0) is 9.53 Å². The Labute approximate surface area is 94.7 Å². The number of aliphatic carboxylic acids is 1. The Morgan fingerprint density at radius 3 is 2.81 bits per heavy atom. The molecular weight excluding hydrogens is 208 g/mol. The number of carbonyl (C=O) groups is 1. The number of carboxylic acids is 1. The van der Waals surface area contributed by atoms with Crippen LogP contribution in [0.4, 0.5) is 5.82 Å². The van der Waals surface area contributed by atoms with E-state index in [1.807, 2.05) is 19.1 Å². The van der Waals surface area contributed by atoms with Gasteiger partial charge in [-0.3, -0.25) is 4.79 Å². The van der Waals surface area contributed by atoms with Gasteiger partial charge in [-0.1, -0.05) is 6.07 Å². The summed E-state index contributed by atoms with van der Waals surface area (Å²) in [5.74, 6) is -0.219. The molecule has 0 aliphatic rings. The number of nitrogens with zero attached hydrogens (tertiary/aromatic N) is 2. The second kappa shape index (κ2) is 6.07. The summed E-state index contributed by atoms with van der Waals surface area (Å²) in [4.78, 5) is 16.6. The zero-order chi connectivity index (χ0) is 12.0. The van der Waals surface area contributed by atoms with E-state index in [0.717, 1.165) is 5.56 Å². The lowest BCUT2D eigenvalue weighted by molar-refractivity contribution is -0.135. The van der Waals surface area contributed by atoms with Gasteiger partial charge in [-0.25, -0.2) is 4.98 Å². The monoisotopic (exact) mass is 224 g/mol. The Kier molecular flexibility index (Phi) is 4.72. The van der Waals surface area contributed by atoms with E-state index in [1.54, 1.807) is 18.2 Å². The maximum atomic E-state index is 10.7. The van der Waals surface area contributed by atoms with Crippen molar-refractivity contribution in [2.75, 3.05) is 31.7 Å². The third-order valence-corrected chi connectivity index (χ3v) is 2.11. The summed E-state index contributed by atoms with van der Waals surface area (Å²) in [5.41, 5.74) is 1.05. The molecule has 0 saturated heterocycles. The van der Waals surface area contributed by atoms with Crippen LogP contribution in [0.5, 0.6) is 0 Å². The lowest BCUT2D eigenvalue weighted by Crippen LogP contribution is -2.33. The topological polar surface area (TPSA) is 62.7 Å². The minimum atomic E-state index is -0.876. The first-order valence-electron chi connectivity index (χ1n) is 5.02. The number of hydrogen-bond donors (Lipinski definition) is 1. The van der Waals surface area contributed by atoms with Crippen LogP contribution in [0.1, 0.15) is 5.56 Å². The fourth-order valence-corrected chi connectivity index (χ4v) is 1.29. The highest BCUT2D eigenvalue weighted by atomic mass is 16.5. The maximum Gasteiger partial charge on any atom is 0.323 e. The first kappa shape index (κ1) is 12.4. The molecule has 1 N–H and O–H groups in total. The van der Waals surface area contributed by atoms with Gasteiger partial charge in [0.2, 0.25) is 0 Å². The molecule has 88 valence electrons. The van der Waals surface area contributed by atoms with Crippen LogP contribution in [0.25, 0.3) is 0 Å². The highest BCUT2D eigenvalue weighted by molar-refractivity contribution is 5.73. The van der Waals surface area contributed by atoms with Gasteiger partial charge in [0.15, 0.2) is 0 Å². The molecule has 0 amide bonds. The summed E-state index contributed by atoms with van der Waals surface area (Å²) in [6.45, 7) is 2.86. The van der Waals surface area contributed by atoms with Crippen LogP contribution < -0.4 is 4.90 Å². The van der Waals surface area contributed by atoms with Crippen molar-refractivity contribution in [3.05, 3.63) is 23.9 Å². The average Bonchev–Trinajstić information content (AvgIpc) is 2.25. The van der Waals surface area contributed by atoms with Crippen molar-refractivity contribution in [1.29, 1.82) is 0 Å². The van der Waals surface area contributed by atoms with Crippen molar-refractivity contribution in [3.63, 3.8) is 0 Å². The molecule has 0 aromatic carbocycles. The number of anilines is 1. The number of aryl methyl sites for hydroxylation is 1. The molecule has 0 fully saturated rings. The molecule has 16 heavy (non-hydrogen) atoms. The Bertz CT molecular complexity index is 338. The van der Waals surface area contributed by atoms with E-state index in [1.165, 1.54) is 0 Å². The molecule has 1 aromatic rings. The van der Waals surface area contributed by atoms with Gasteiger partial charge in [-0.2, -0.15) is 0 Å². The molecule has 5 heteroatoms. The summed E-state index contributed by atoms with van der Waals surface area (Å²) in [6.07, 6.45) is 1.72. The Morgan fingerprint density at radius 2 is 2.31 bits per heavy atom. The minimum absolute atomic E-state index is 0.0700. The van der Waals surface area contributed by atoms with Crippen LogP contribution in [0.2, 0.25) is 0 Å². The molecule has 0 aliphatic carbocycles. The number of methoxy groups -OCH3 is 1. The molecule has 1 aromatic heterocycles. The lowest BCUT2D eigenvalue weighted by atomic mass is 10.3. The summed E-state index contributed by atoms with van der Waals surface area (Å²) in [5, 5.41) is 8.79. The molecule has 0 aliphatic heterocycles. The zero-order valence-corrected chi connectivity index (χ0v) is 9.51. The highest BCUT2D eigenvalue weighted by Crippen LogP contribution is 2.10. The van der Waals surface area contributed by atoms with Gasteiger partial charge in [0.1, 0.15) is 12.4 Å². The zero-order valence-electron chi connectivity index (χ0n) is 9.51. The Balaban J connectivity index is 2.74. The summed E-state index contributed by atoms with van der Waals surface area (Å²) in [7, 11) is 1.58. The van der Waals surface area contributed by atoms with Gasteiger partial charge in [0.05, 0.1) is 6.61 Å². The Morgan fingerprint density at radius 1 is 1.56 bits per heavy atom. The van der Waals surface area contributed by atoms with Crippen LogP contribution in [0.3, 0.4) is 0 Å². The van der Waals surface area contributed by atoms with Crippen LogP contribution in [-0.4, -0.2) is 42.9 Å². The second-order valence-electron chi connectivity index (χ2n) is 3.50. The molecule has 1 rings (SSSR count). The Hall–Kier alpha value is -1.62. The predicted octanol–water partition coefficient (Wildman–Crippen LogP) is 0.927. The molecule has 5 nitrogen and oxygen atoms in total. The van der Waals surface area contributed by atoms with Gasteiger partial charge < -0.3 is 14.7 Å². The van der Waals surface area contributed by atoms with Gasteiger partial charge in [0.25, 0.3) is 0 Å². The van der Waals surface area contributed by atoms with Crippen molar-refractivity contribution in [1.82, 2.24) is 4.98 Å². The van der Waals surface area contributed by atoms with Gasteiger partial charge in [0, 0.05) is 19.9 Å². The number of rotatable bonds is 6. The summed E-state index contributed by atoms with van der Waals surface area (Å²) in [6, 6.07) is 3.72. The molecule has 0 bridgehead atoms. The molecule has 0 radical (unpaired) electrons. The van der Waals surface area contributed by atoms with Crippen LogP contribution >= 0.6 is 0 Å². The quantitative estimate of drug-likeness (QED) is 0.778. The van der Waals surface area contributed by atoms with E-state index < -0.39 is 5.97 Å². The lowest BCUT2D eigenvalue weighted by Gasteiger charge is -2.21. The third-order valence-electron chi connectivity index (χ3n) is 2.11. The molecule has 0 saturated carbocycles. The van der Waals surface area contributed by atoms with Gasteiger partial charge >= 0.3 is 5.97 Å². The van der Waals surface area contributed by atoms with E-state index in [2.05, 4.69) is 4.98 Å². The molecule has 0 atom stereocenters. The average molecular weight is 224 g/mol. The van der Waals surface area contributed by atoms with E-state index in [9.17, 15) is 4.79 Å². The van der Waals surface area contributed by atoms with Gasteiger partial charge in [-0.15, -0.1) is 0 Å². The standard InChI is InChI=1S/C11H16N2O3/c1-9-3-4-10(12-7-9)13(5-6-16-2)8-11(14)15/h3-4,7H,5-6,8H2,1-2H3,(H,14,15). The smallest absolute Gasteiger partial charge is 0.323 e. The third kappa shape index (κ3) is 3.86. The van der Waals surface area contributed by atoms with E-state index in [4.69, 9.17) is 9.84 Å². The number of ether oxygens (including phenoxy) is 1. The fourth-order valence-electron chi connectivity index (χ4n) is 1.29. The van der Waals surface area contributed by atoms with Crippen molar-refractivity contribution in [2.45, 2.75) is 6.92 Å². The highest BCUT2D eigenvalue weighted by Gasteiger charge is 2.11. The molecule has 1 heterocycles. The van der Waals surface area contributed by atoms with E-state index >= 15 is 0 Å². The maximum absolute atomic E-state index is 10.7. The summed E-state index contributed by atoms with van der Waals surface area (Å²) < 4.78 is 4.94. The SMILES string of the molecule is COCCN(CC(=O)O)c1ccc(C)cn1. The van der Waals surface area contributed by atoms with Crippen molar-refractivity contribution >= 4 is 11.8 Å². The largest absolute Gasteiger partial charge is 0.480 e.